The van der Waals surface area contributed by atoms with Gasteiger partial charge >= 0.3 is 6.03 Å². The summed E-state index contributed by atoms with van der Waals surface area (Å²) in [5.41, 5.74) is -0.942. The van der Waals surface area contributed by atoms with Crippen LogP contribution in [0.25, 0.3) is 5.69 Å². The molecule has 0 saturated carbocycles. The van der Waals surface area contributed by atoms with Crippen LogP contribution in [0.2, 0.25) is 5.02 Å². The maximum atomic E-state index is 15.0. The van der Waals surface area contributed by atoms with Crippen molar-refractivity contribution in [3.8, 4) is 5.69 Å². The molecule has 3 aromatic rings. The number of likely N-dealkylation sites (tertiary alicyclic amines) is 1. The minimum atomic E-state index is -0.978. The lowest BCUT2D eigenvalue weighted by atomic mass is 10.1. The summed E-state index contributed by atoms with van der Waals surface area (Å²) in [5, 5.41) is 16.6. The summed E-state index contributed by atoms with van der Waals surface area (Å²) in [4.78, 5) is 54.2. The molecule has 0 bridgehead atoms. The third-order valence-electron chi connectivity index (χ3n) is 6.00. The smallest absolute Gasteiger partial charge is 0.323 e. The fourth-order valence-electron chi connectivity index (χ4n) is 4.04. The Morgan fingerprint density at radius 1 is 1.24 bits per heavy atom. The average Bonchev–Trinajstić information content (AvgIpc) is 3.33. The second-order valence-electron chi connectivity index (χ2n) is 8.52. The van der Waals surface area contributed by atoms with Crippen molar-refractivity contribution in [2.24, 2.45) is 0 Å². The second-order valence-corrected chi connectivity index (χ2v) is 8.96. The van der Waals surface area contributed by atoms with Crippen LogP contribution < -0.4 is 16.2 Å². The van der Waals surface area contributed by atoms with Gasteiger partial charge in [0.2, 0.25) is 5.91 Å². The number of aromatic nitrogens is 2. The zero-order valence-corrected chi connectivity index (χ0v) is 20.9. The van der Waals surface area contributed by atoms with Crippen molar-refractivity contribution in [1.82, 2.24) is 14.5 Å². The van der Waals surface area contributed by atoms with E-state index in [0.29, 0.717) is 5.02 Å². The zero-order chi connectivity index (χ0) is 27.6. The highest BCUT2D eigenvalue weighted by atomic mass is 35.5. The van der Waals surface area contributed by atoms with E-state index in [1.54, 1.807) is 6.07 Å². The number of carbonyl (C=O) groups is 2. The molecular weight excluding hydrogens is 523 g/mol. The van der Waals surface area contributed by atoms with Gasteiger partial charge in [-0.2, -0.15) is 0 Å². The zero-order valence-electron chi connectivity index (χ0n) is 20.2. The highest BCUT2D eigenvalue weighted by Gasteiger charge is 2.40. The van der Waals surface area contributed by atoms with Gasteiger partial charge in [-0.15, -0.1) is 0 Å². The Bertz CT molecular complexity index is 1460. The van der Waals surface area contributed by atoms with Crippen molar-refractivity contribution in [2.75, 3.05) is 24.3 Å². The normalized spacial score (nSPS) is 16.8. The average molecular weight is 545 g/mol. The standard InChI is InChI=1S/C24H22ClFN6O6/c1-13-7-16(32(36)37)11-30(23(13)34)15-4-5-19(18(26)8-15)28-22(33)20-9-17(38-2)12-31(20)24(35)29-21-6-3-14(25)10-27-21/h3-8,10-11,17,20H,9,12H2,1-2H3,(H,28,33)(H,27,29,35)/t17-,20-/m1/s1. The Balaban J connectivity index is 1.54. The molecule has 1 saturated heterocycles. The highest BCUT2D eigenvalue weighted by molar-refractivity contribution is 6.30. The van der Waals surface area contributed by atoms with E-state index in [1.807, 2.05) is 0 Å². The first-order valence-electron chi connectivity index (χ1n) is 11.3. The Morgan fingerprint density at radius 2 is 2.00 bits per heavy atom. The van der Waals surface area contributed by atoms with Crippen LogP contribution in [0.3, 0.4) is 0 Å². The molecule has 198 valence electrons. The van der Waals surface area contributed by atoms with Gasteiger partial charge in [0, 0.05) is 44.0 Å². The van der Waals surface area contributed by atoms with Gasteiger partial charge in [-0.25, -0.2) is 14.2 Å². The van der Waals surface area contributed by atoms with Gasteiger partial charge in [-0.1, -0.05) is 11.6 Å². The minimum absolute atomic E-state index is 0.0362. The van der Waals surface area contributed by atoms with E-state index in [1.165, 1.54) is 43.3 Å². The number of ether oxygens (including phenoxy) is 1. The molecule has 3 amide bonds. The van der Waals surface area contributed by atoms with Crippen LogP contribution in [0, 0.1) is 22.9 Å². The Hall–Kier alpha value is -4.36. The molecule has 4 rings (SSSR count). The quantitative estimate of drug-likeness (QED) is 0.356. The van der Waals surface area contributed by atoms with E-state index >= 15 is 0 Å². The molecule has 2 aromatic heterocycles. The lowest BCUT2D eigenvalue weighted by molar-refractivity contribution is -0.385. The van der Waals surface area contributed by atoms with Crippen molar-refractivity contribution < 1.29 is 23.6 Å². The molecule has 0 unspecified atom stereocenters. The molecule has 1 fully saturated rings. The summed E-state index contributed by atoms with van der Waals surface area (Å²) in [7, 11) is 1.46. The number of aryl methyl sites for hydroxylation is 1. The number of halogens is 2. The Labute approximate surface area is 220 Å². The predicted octanol–water partition coefficient (Wildman–Crippen LogP) is 3.50. The van der Waals surface area contributed by atoms with Gasteiger partial charge in [0.1, 0.15) is 17.7 Å². The fourth-order valence-corrected chi connectivity index (χ4v) is 4.15. The van der Waals surface area contributed by atoms with E-state index < -0.39 is 40.4 Å². The van der Waals surface area contributed by atoms with Crippen LogP contribution in [0.4, 0.5) is 26.4 Å². The number of anilines is 2. The first-order chi connectivity index (χ1) is 18.1. The van der Waals surface area contributed by atoms with Gasteiger partial charge in [0.05, 0.1) is 33.6 Å². The van der Waals surface area contributed by atoms with E-state index in [-0.39, 0.29) is 41.4 Å². The van der Waals surface area contributed by atoms with Gasteiger partial charge in [-0.3, -0.25) is 29.6 Å². The van der Waals surface area contributed by atoms with E-state index in [4.69, 9.17) is 16.3 Å². The van der Waals surface area contributed by atoms with Crippen LogP contribution in [0.15, 0.2) is 53.6 Å². The number of hydrogen-bond donors (Lipinski definition) is 2. The minimum Gasteiger partial charge on any atom is -0.380 e. The first-order valence-corrected chi connectivity index (χ1v) is 11.7. The van der Waals surface area contributed by atoms with Gasteiger partial charge in [0.25, 0.3) is 11.2 Å². The maximum absolute atomic E-state index is 15.0. The summed E-state index contributed by atoms with van der Waals surface area (Å²) in [5.74, 6) is -1.30. The van der Waals surface area contributed by atoms with Crippen LogP contribution in [0.1, 0.15) is 12.0 Å². The molecule has 14 heteroatoms. The van der Waals surface area contributed by atoms with Crippen LogP contribution in [0.5, 0.6) is 0 Å². The Morgan fingerprint density at radius 3 is 2.63 bits per heavy atom. The van der Waals surface area contributed by atoms with Crippen molar-refractivity contribution in [3.63, 3.8) is 0 Å². The molecule has 0 aliphatic carbocycles. The third kappa shape index (κ3) is 5.63. The van der Waals surface area contributed by atoms with E-state index in [2.05, 4.69) is 15.6 Å². The van der Waals surface area contributed by atoms with Gasteiger partial charge < -0.3 is 15.0 Å². The molecule has 1 aliphatic rings. The van der Waals surface area contributed by atoms with Crippen molar-refractivity contribution >= 4 is 40.7 Å². The fraction of sp³-hybridized carbons (Fsp3) is 0.250. The summed E-state index contributed by atoms with van der Waals surface area (Å²) in [6, 6.07) is 6.15. The predicted molar refractivity (Wildman–Crippen MR) is 136 cm³/mol. The molecule has 38 heavy (non-hydrogen) atoms. The van der Waals surface area contributed by atoms with Crippen molar-refractivity contribution in [1.29, 1.82) is 0 Å². The van der Waals surface area contributed by atoms with Crippen LogP contribution >= 0.6 is 11.6 Å². The summed E-state index contributed by atoms with van der Waals surface area (Å²) < 4.78 is 21.3. The summed E-state index contributed by atoms with van der Waals surface area (Å²) in [6.45, 7) is 1.53. The number of hydrogen-bond acceptors (Lipinski definition) is 7. The SMILES string of the molecule is CO[C@@H]1C[C@H](C(=O)Nc2ccc(-n3cc([N+](=O)[O-])cc(C)c3=O)cc2F)N(C(=O)Nc2ccc(Cl)cn2)C1. The summed E-state index contributed by atoms with van der Waals surface area (Å²) >= 11 is 5.82. The lowest BCUT2D eigenvalue weighted by Gasteiger charge is -2.24. The number of benzene rings is 1. The molecule has 2 atom stereocenters. The monoisotopic (exact) mass is 544 g/mol. The third-order valence-corrected chi connectivity index (χ3v) is 6.23. The number of nitrogens with zero attached hydrogens (tertiary/aromatic N) is 4. The van der Waals surface area contributed by atoms with Gasteiger partial charge in [-0.05, 0) is 31.2 Å². The molecule has 12 nitrogen and oxygen atoms in total. The van der Waals surface area contributed by atoms with Gasteiger partial charge in [0.15, 0.2) is 0 Å². The van der Waals surface area contributed by atoms with Crippen LogP contribution in [-0.4, -0.2) is 57.1 Å². The number of rotatable bonds is 6. The van der Waals surface area contributed by atoms with Crippen molar-refractivity contribution in [3.05, 3.63) is 85.7 Å². The molecule has 1 aromatic carbocycles. The highest BCUT2D eigenvalue weighted by Crippen LogP contribution is 2.25. The molecule has 1 aliphatic heterocycles. The largest absolute Gasteiger partial charge is 0.380 e. The number of nitrogens with one attached hydrogen (secondary N) is 2. The Kier molecular flexibility index (Phi) is 7.69. The summed E-state index contributed by atoms with van der Waals surface area (Å²) in [6.07, 6.45) is 2.11. The molecule has 0 radical (unpaired) electrons. The van der Waals surface area contributed by atoms with E-state index in [0.717, 1.165) is 22.9 Å². The van der Waals surface area contributed by atoms with Crippen molar-refractivity contribution in [2.45, 2.75) is 25.5 Å². The van der Waals surface area contributed by atoms with Crippen LogP contribution in [-0.2, 0) is 9.53 Å². The molecule has 3 heterocycles. The maximum Gasteiger partial charge on any atom is 0.323 e. The molecular formula is C24H22ClFN6O6. The van der Waals surface area contributed by atoms with E-state index in [9.17, 15) is 28.9 Å². The molecule has 0 spiro atoms. The first kappa shape index (κ1) is 26.7. The number of nitro groups is 1. The second kappa shape index (κ2) is 10.9. The topological polar surface area (TPSA) is 149 Å². The number of urea groups is 1. The molecule has 2 N–H and O–H groups in total. The lowest BCUT2D eigenvalue weighted by Crippen LogP contribution is -2.45. The number of methoxy groups -OCH3 is 1. The number of carbonyl (C=O) groups excluding carboxylic acids is 2. The number of pyridine rings is 2. The number of amides is 3.